The summed E-state index contributed by atoms with van der Waals surface area (Å²) in [6, 6.07) is 13.3. The van der Waals surface area contributed by atoms with Crippen molar-refractivity contribution < 1.29 is 9.13 Å². The van der Waals surface area contributed by atoms with E-state index >= 15 is 0 Å². The van der Waals surface area contributed by atoms with Gasteiger partial charge in [-0.3, -0.25) is 0 Å². The van der Waals surface area contributed by atoms with Crippen LogP contribution in [0.5, 0.6) is 5.75 Å². The fraction of sp³-hybridized carbons (Fsp3) is 0.0625. The Hall–Kier alpha value is -2.51. The van der Waals surface area contributed by atoms with Crippen LogP contribution in [0.1, 0.15) is 5.01 Å². The first-order valence-electron chi connectivity index (χ1n) is 7.05. The van der Waals surface area contributed by atoms with Crippen molar-refractivity contribution >= 4 is 27.9 Å². The van der Waals surface area contributed by atoms with Gasteiger partial charge in [-0.05, 0) is 36.4 Å². The maximum atomic E-state index is 13.1. The monoisotopic (exact) mass is 360 g/mol. The molecular formula is C16H10ClFN4OS. The predicted molar refractivity (Wildman–Crippen MR) is 89.8 cm³/mol. The SMILES string of the molecule is Fc1ccc(-c2nnc3sc(COc4ccccc4Cl)nn23)cc1. The number of para-hydroxylation sites is 1. The van der Waals surface area contributed by atoms with Crippen LogP contribution in [-0.2, 0) is 6.61 Å². The molecule has 0 atom stereocenters. The highest BCUT2D eigenvalue weighted by molar-refractivity contribution is 7.16. The summed E-state index contributed by atoms with van der Waals surface area (Å²) in [4.78, 5) is 0.645. The summed E-state index contributed by atoms with van der Waals surface area (Å²) >= 11 is 7.44. The third kappa shape index (κ3) is 2.83. The molecule has 0 radical (unpaired) electrons. The largest absolute Gasteiger partial charge is 0.485 e. The maximum Gasteiger partial charge on any atom is 0.235 e. The number of halogens is 2. The van der Waals surface area contributed by atoms with Crippen LogP contribution in [0.2, 0.25) is 5.02 Å². The molecule has 120 valence electrons. The Morgan fingerprint density at radius 2 is 1.88 bits per heavy atom. The molecule has 4 aromatic rings. The minimum absolute atomic E-state index is 0.278. The zero-order valence-corrected chi connectivity index (χ0v) is 13.8. The summed E-state index contributed by atoms with van der Waals surface area (Å²) in [5.74, 6) is 0.862. The Kier molecular flexibility index (Phi) is 3.87. The van der Waals surface area contributed by atoms with E-state index in [-0.39, 0.29) is 12.4 Å². The number of benzene rings is 2. The van der Waals surface area contributed by atoms with E-state index in [0.29, 0.717) is 21.6 Å². The first-order valence-corrected chi connectivity index (χ1v) is 8.24. The average Bonchev–Trinajstić information content (AvgIpc) is 3.15. The Bertz CT molecular complexity index is 999. The Labute approximate surface area is 145 Å². The smallest absolute Gasteiger partial charge is 0.235 e. The van der Waals surface area contributed by atoms with Crippen molar-refractivity contribution in [2.24, 2.45) is 0 Å². The molecule has 2 heterocycles. The summed E-state index contributed by atoms with van der Waals surface area (Å²) < 4.78 is 20.4. The van der Waals surface area contributed by atoms with Gasteiger partial charge in [-0.1, -0.05) is 35.1 Å². The van der Waals surface area contributed by atoms with Gasteiger partial charge in [0.2, 0.25) is 4.96 Å². The highest BCUT2D eigenvalue weighted by Crippen LogP contribution is 2.26. The van der Waals surface area contributed by atoms with Gasteiger partial charge in [-0.25, -0.2) is 4.39 Å². The molecule has 8 heteroatoms. The number of aromatic nitrogens is 4. The summed E-state index contributed by atoms with van der Waals surface area (Å²) in [6.45, 7) is 0.278. The predicted octanol–water partition coefficient (Wildman–Crippen LogP) is 4.22. The molecule has 0 unspecified atom stereocenters. The van der Waals surface area contributed by atoms with Gasteiger partial charge in [0.15, 0.2) is 10.8 Å². The summed E-state index contributed by atoms with van der Waals surface area (Å²) in [5, 5.41) is 14.0. The number of hydrogen-bond donors (Lipinski definition) is 0. The zero-order valence-electron chi connectivity index (χ0n) is 12.2. The van der Waals surface area contributed by atoms with Crippen molar-refractivity contribution in [3.63, 3.8) is 0 Å². The second-order valence-corrected chi connectivity index (χ2v) is 6.39. The molecule has 0 aliphatic heterocycles. The van der Waals surface area contributed by atoms with E-state index in [9.17, 15) is 4.39 Å². The lowest BCUT2D eigenvalue weighted by molar-refractivity contribution is 0.304. The van der Waals surface area contributed by atoms with E-state index in [1.807, 2.05) is 12.1 Å². The molecule has 0 saturated heterocycles. The molecule has 5 nitrogen and oxygen atoms in total. The lowest BCUT2D eigenvalue weighted by Gasteiger charge is -2.04. The van der Waals surface area contributed by atoms with Crippen LogP contribution in [-0.4, -0.2) is 19.8 Å². The first-order chi connectivity index (χ1) is 11.7. The number of fused-ring (bicyclic) bond motifs is 1. The van der Waals surface area contributed by atoms with Gasteiger partial charge in [-0.2, -0.15) is 9.61 Å². The fourth-order valence-corrected chi connectivity index (χ4v) is 3.13. The molecule has 0 N–H and O–H groups in total. The van der Waals surface area contributed by atoms with Gasteiger partial charge in [0.25, 0.3) is 0 Å². The molecule has 0 saturated carbocycles. The first kappa shape index (κ1) is 15.0. The van der Waals surface area contributed by atoms with Crippen LogP contribution in [0.25, 0.3) is 16.3 Å². The molecule has 2 aromatic heterocycles. The molecule has 0 amide bonds. The topological polar surface area (TPSA) is 52.3 Å². The number of ether oxygens (including phenoxy) is 1. The minimum Gasteiger partial charge on any atom is -0.485 e. The van der Waals surface area contributed by atoms with Crippen molar-refractivity contribution in [2.45, 2.75) is 6.61 Å². The van der Waals surface area contributed by atoms with E-state index in [1.54, 1.807) is 28.8 Å². The van der Waals surface area contributed by atoms with Crippen LogP contribution in [0, 0.1) is 5.82 Å². The lowest BCUT2D eigenvalue weighted by atomic mass is 10.2. The molecular weight excluding hydrogens is 351 g/mol. The van der Waals surface area contributed by atoms with Gasteiger partial charge < -0.3 is 4.74 Å². The molecule has 0 spiro atoms. The van der Waals surface area contributed by atoms with E-state index in [1.165, 1.54) is 23.5 Å². The molecule has 0 fully saturated rings. The van der Waals surface area contributed by atoms with Crippen molar-refractivity contribution in [1.82, 2.24) is 19.8 Å². The van der Waals surface area contributed by atoms with Crippen molar-refractivity contribution in [3.8, 4) is 17.1 Å². The molecule has 24 heavy (non-hydrogen) atoms. The normalized spacial score (nSPS) is 11.1. The molecule has 0 aliphatic carbocycles. The second kappa shape index (κ2) is 6.18. The summed E-state index contributed by atoms with van der Waals surface area (Å²) in [6.07, 6.45) is 0. The van der Waals surface area contributed by atoms with E-state index in [2.05, 4.69) is 15.3 Å². The molecule has 0 aliphatic rings. The Balaban J connectivity index is 1.60. The van der Waals surface area contributed by atoms with Crippen molar-refractivity contribution in [3.05, 3.63) is 64.4 Å². The minimum atomic E-state index is -0.299. The molecule has 4 rings (SSSR count). The van der Waals surface area contributed by atoms with Crippen LogP contribution in [0.15, 0.2) is 48.5 Å². The van der Waals surface area contributed by atoms with Crippen molar-refractivity contribution in [1.29, 1.82) is 0 Å². The average molecular weight is 361 g/mol. The van der Waals surface area contributed by atoms with Crippen LogP contribution in [0.4, 0.5) is 4.39 Å². The Morgan fingerprint density at radius 1 is 1.08 bits per heavy atom. The van der Waals surface area contributed by atoms with Gasteiger partial charge in [-0.15, -0.1) is 10.2 Å². The van der Waals surface area contributed by atoms with Crippen LogP contribution >= 0.6 is 22.9 Å². The van der Waals surface area contributed by atoms with Gasteiger partial charge in [0.1, 0.15) is 18.2 Å². The highest BCUT2D eigenvalue weighted by Gasteiger charge is 2.14. The van der Waals surface area contributed by atoms with Gasteiger partial charge in [0, 0.05) is 5.56 Å². The second-order valence-electron chi connectivity index (χ2n) is 4.94. The standard InChI is InChI=1S/C16H10ClFN4OS/c17-12-3-1-2-4-13(12)23-9-14-21-22-15(19-20-16(22)24-14)10-5-7-11(18)8-6-10/h1-8H,9H2. The number of hydrogen-bond acceptors (Lipinski definition) is 5. The summed E-state index contributed by atoms with van der Waals surface area (Å²) in [5.41, 5.74) is 0.743. The van der Waals surface area contributed by atoms with Crippen molar-refractivity contribution in [2.75, 3.05) is 0 Å². The highest BCUT2D eigenvalue weighted by atomic mass is 35.5. The van der Waals surface area contributed by atoms with Gasteiger partial charge in [0.05, 0.1) is 5.02 Å². The van der Waals surface area contributed by atoms with Crippen LogP contribution < -0.4 is 4.74 Å². The third-order valence-corrected chi connectivity index (χ3v) is 4.51. The number of rotatable bonds is 4. The van der Waals surface area contributed by atoms with E-state index < -0.39 is 0 Å². The number of nitrogens with zero attached hydrogens (tertiary/aromatic N) is 4. The Morgan fingerprint density at radius 3 is 2.67 bits per heavy atom. The third-order valence-electron chi connectivity index (χ3n) is 3.32. The maximum absolute atomic E-state index is 13.1. The quantitative estimate of drug-likeness (QED) is 0.546. The van der Waals surface area contributed by atoms with Gasteiger partial charge >= 0.3 is 0 Å². The lowest BCUT2D eigenvalue weighted by Crippen LogP contribution is -1.98. The van der Waals surface area contributed by atoms with Crippen LogP contribution in [0.3, 0.4) is 0 Å². The molecule has 2 aromatic carbocycles. The summed E-state index contributed by atoms with van der Waals surface area (Å²) in [7, 11) is 0. The van der Waals surface area contributed by atoms with E-state index in [4.69, 9.17) is 16.3 Å². The fourth-order valence-electron chi connectivity index (χ4n) is 2.20. The molecule has 0 bridgehead atoms. The van der Waals surface area contributed by atoms with E-state index in [0.717, 1.165) is 10.6 Å². The zero-order chi connectivity index (χ0) is 16.5.